The van der Waals surface area contributed by atoms with Crippen LogP contribution in [0.15, 0.2) is 0 Å². The maximum absolute atomic E-state index is 15.9. The summed E-state index contributed by atoms with van der Waals surface area (Å²) in [5.41, 5.74) is -5.56. The molecule has 0 spiro atoms. The first-order valence-electron chi connectivity index (χ1n) is 13.7. The number of halogens is 2. The van der Waals surface area contributed by atoms with Crippen molar-refractivity contribution in [3.63, 3.8) is 0 Å². The van der Waals surface area contributed by atoms with Gasteiger partial charge in [0.1, 0.15) is 13.4 Å². The molecule has 1 unspecified atom stereocenters. The molecular formula is C25H50BF2O7PSi. The summed E-state index contributed by atoms with van der Waals surface area (Å²) in [6.07, 6.45) is 1.75. The van der Waals surface area contributed by atoms with E-state index >= 15 is 8.78 Å². The van der Waals surface area contributed by atoms with E-state index in [1.807, 2.05) is 40.8 Å². The number of ether oxygens (including phenoxy) is 3. The molecule has 2 radical (unpaired) electrons. The first-order valence-corrected chi connectivity index (χ1v) is 18.2. The molecule has 1 rings (SSSR count). The Hall–Kier alpha value is 0.132. The Kier molecular flexibility index (Phi) is 13.9. The molecule has 0 aromatic carbocycles. The van der Waals surface area contributed by atoms with E-state index in [9.17, 15) is 9.36 Å². The predicted molar refractivity (Wildman–Crippen MR) is 146 cm³/mol. The third kappa shape index (κ3) is 9.07. The summed E-state index contributed by atoms with van der Waals surface area (Å²) in [6.45, 7) is 14.7. The average Bonchev–Trinajstić information content (AvgIpc) is 3.00. The molecular weight excluding hydrogens is 520 g/mol. The van der Waals surface area contributed by atoms with Crippen molar-refractivity contribution in [2.45, 2.75) is 122 Å². The number of unbranched alkanes of at least 4 members (excludes halogenated alkanes) is 2. The summed E-state index contributed by atoms with van der Waals surface area (Å²) in [5, 5.41) is -0.501. The van der Waals surface area contributed by atoms with Gasteiger partial charge < -0.3 is 28.1 Å². The maximum atomic E-state index is 15.9. The highest BCUT2D eigenvalue weighted by molar-refractivity contribution is 7.55. The van der Waals surface area contributed by atoms with E-state index < -0.39 is 56.7 Å². The molecule has 0 amide bonds. The predicted octanol–water partition coefficient (Wildman–Crippen LogP) is 6.48. The second kappa shape index (κ2) is 14.7. The van der Waals surface area contributed by atoms with Crippen molar-refractivity contribution in [2.24, 2.45) is 5.92 Å². The lowest BCUT2D eigenvalue weighted by atomic mass is 9.76. The van der Waals surface area contributed by atoms with Gasteiger partial charge in [-0.05, 0) is 51.2 Å². The van der Waals surface area contributed by atoms with Crippen LogP contribution in [0.4, 0.5) is 8.78 Å². The van der Waals surface area contributed by atoms with Crippen LogP contribution >= 0.6 is 7.60 Å². The molecule has 0 aromatic heterocycles. The second-order valence-corrected chi connectivity index (χ2v) is 17.8. The van der Waals surface area contributed by atoms with Crippen LogP contribution in [0.5, 0.6) is 0 Å². The second-order valence-electron chi connectivity index (χ2n) is 11.2. The molecule has 1 heterocycles. The third-order valence-electron chi connectivity index (χ3n) is 7.40. The lowest BCUT2D eigenvalue weighted by Gasteiger charge is -2.41. The molecule has 12 heteroatoms. The minimum absolute atomic E-state index is 0.198. The van der Waals surface area contributed by atoms with Gasteiger partial charge in [0.25, 0.3) is 0 Å². The van der Waals surface area contributed by atoms with Gasteiger partial charge in [-0.1, -0.05) is 40.5 Å². The maximum Gasteiger partial charge on any atom is 0.399 e. The average molecular weight is 571 g/mol. The van der Waals surface area contributed by atoms with Crippen LogP contribution in [0.25, 0.3) is 0 Å². The summed E-state index contributed by atoms with van der Waals surface area (Å²) in [6, 6.07) is -0.939. The van der Waals surface area contributed by atoms with Crippen LogP contribution in [0.3, 0.4) is 0 Å². The molecule has 4 atom stereocenters. The van der Waals surface area contributed by atoms with E-state index in [-0.39, 0.29) is 19.8 Å². The van der Waals surface area contributed by atoms with Gasteiger partial charge in [-0.25, -0.2) is 0 Å². The Bertz CT molecular complexity index is 716. The van der Waals surface area contributed by atoms with Gasteiger partial charge in [0.15, 0.2) is 8.32 Å². The van der Waals surface area contributed by atoms with Gasteiger partial charge in [0.05, 0.1) is 32.3 Å². The molecule has 1 aliphatic rings. The van der Waals surface area contributed by atoms with Crippen molar-refractivity contribution >= 4 is 23.8 Å². The largest absolute Gasteiger partial charge is 0.432 e. The molecule has 37 heavy (non-hydrogen) atoms. The SMILES string of the molecule is [B][C@@H]1O[C@](COCCCC)(CC(F)(F)P(=O)(OCC)OCC)C(OCCCC)[C@@H]1CC(C)(C)[Si](C)(C)O. The Morgan fingerprint density at radius 2 is 1.59 bits per heavy atom. The van der Waals surface area contributed by atoms with E-state index in [4.69, 9.17) is 31.1 Å². The summed E-state index contributed by atoms with van der Waals surface area (Å²) in [7, 11) is -1.01. The standard InChI is InChI=1S/C25H50BF2O7PSi/c1-9-13-15-31-19-24(18-25(27,28)36(29,33-11-3)34-12-4)21(32-16-14-10-2)20(22(26)35-24)17-23(5,6)37(7,8)30/h20-22,30H,9-19H2,1-8H3/t20-,21?,22+,24-/m0/s1. The van der Waals surface area contributed by atoms with Crippen LogP contribution < -0.4 is 0 Å². The highest BCUT2D eigenvalue weighted by atomic mass is 31.2. The molecule has 218 valence electrons. The van der Waals surface area contributed by atoms with Gasteiger partial charge in [-0.3, -0.25) is 4.57 Å². The molecule has 0 aromatic rings. The van der Waals surface area contributed by atoms with Crippen LogP contribution in [0.2, 0.25) is 18.1 Å². The zero-order valence-electron chi connectivity index (χ0n) is 24.2. The van der Waals surface area contributed by atoms with Gasteiger partial charge in [-0.15, -0.1) is 0 Å². The highest BCUT2D eigenvalue weighted by Gasteiger charge is 2.64. The zero-order chi connectivity index (χ0) is 28.5. The van der Waals surface area contributed by atoms with Crippen molar-refractivity contribution in [1.29, 1.82) is 0 Å². The van der Waals surface area contributed by atoms with Gasteiger partial charge in [0.2, 0.25) is 0 Å². The summed E-state index contributed by atoms with van der Waals surface area (Å²) in [4.78, 5) is 10.9. The van der Waals surface area contributed by atoms with Crippen molar-refractivity contribution < 1.29 is 41.4 Å². The fraction of sp³-hybridized carbons (Fsp3) is 1.00. The molecule has 1 N–H and O–H groups in total. The minimum atomic E-state index is -4.83. The number of hydrogen-bond donors (Lipinski definition) is 1. The topological polar surface area (TPSA) is 83.5 Å². The van der Waals surface area contributed by atoms with Crippen LogP contribution in [0, 0.1) is 5.92 Å². The summed E-state index contributed by atoms with van der Waals surface area (Å²) < 4.78 is 73.4. The van der Waals surface area contributed by atoms with E-state index in [0.29, 0.717) is 19.6 Å². The Balaban J connectivity index is 3.55. The summed E-state index contributed by atoms with van der Waals surface area (Å²) in [5.74, 6) is -0.491. The Morgan fingerprint density at radius 1 is 1.05 bits per heavy atom. The van der Waals surface area contributed by atoms with Gasteiger partial charge in [0, 0.05) is 25.1 Å². The highest BCUT2D eigenvalue weighted by Crippen LogP contribution is 2.65. The first-order chi connectivity index (χ1) is 17.1. The molecule has 7 nitrogen and oxygen atoms in total. The number of alkyl halides is 2. The summed E-state index contributed by atoms with van der Waals surface area (Å²) >= 11 is 0. The molecule has 0 aliphatic carbocycles. The van der Waals surface area contributed by atoms with Crippen LogP contribution in [-0.2, 0) is 27.8 Å². The Morgan fingerprint density at radius 3 is 2.08 bits per heavy atom. The van der Waals surface area contributed by atoms with E-state index in [2.05, 4.69) is 0 Å². The lowest BCUT2D eigenvalue weighted by molar-refractivity contribution is -0.163. The number of rotatable bonds is 19. The van der Waals surface area contributed by atoms with E-state index in [1.165, 1.54) is 13.8 Å². The third-order valence-corrected chi connectivity index (χ3v) is 13.1. The molecule has 1 saturated heterocycles. The van der Waals surface area contributed by atoms with Gasteiger partial charge in [-0.2, -0.15) is 8.78 Å². The first kappa shape index (κ1) is 35.2. The van der Waals surface area contributed by atoms with Crippen molar-refractivity contribution in [1.82, 2.24) is 0 Å². The zero-order valence-corrected chi connectivity index (χ0v) is 26.1. The van der Waals surface area contributed by atoms with Crippen LogP contribution in [-0.4, -0.2) is 77.4 Å². The van der Waals surface area contributed by atoms with E-state index in [0.717, 1.165) is 25.7 Å². The van der Waals surface area contributed by atoms with Crippen molar-refractivity contribution in [2.75, 3.05) is 33.0 Å². The minimum Gasteiger partial charge on any atom is -0.432 e. The molecule has 1 aliphatic heterocycles. The van der Waals surface area contributed by atoms with Gasteiger partial charge >= 0.3 is 13.3 Å². The lowest BCUT2D eigenvalue weighted by Crippen LogP contribution is -2.52. The van der Waals surface area contributed by atoms with Crippen molar-refractivity contribution in [3.05, 3.63) is 0 Å². The van der Waals surface area contributed by atoms with Crippen molar-refractivity contribution in [3.8, 4) is 0 Å². The Labute approximate surface area is 225 Å². The normalized spacial score (nSPS) is 25.6. The fourth-order valence-electron chi connectivity index (χ4n) is 4.50. The quantitative estimate of drug-likeness (QED) is 0.108. The monoisotopic (exact) mass is 570 g/mol. The number of hydrogen-bond acceptors (Lipinski definition) is 7. The van der Waals surface area contributed by atoms with Crippen LogP contribution in [0.1, 0.15) is 80.1 Å². The molecule has 0 saturated carbocycles. The smallest absolute Gasteiger partial charge is 0.399 e. The van der Waals surface area contributed by atoms with E-state index in [1.54, 1.807) is 0 Å². The molecule has 0 bridgehead atoms. The fourth-order valence-corrected chi connectivity index (χ4v) is 6.83. The molecule has 1 fully saturated rings.